The average Bonchev–Trinajstić information content (AvgIpc) is 3.47. The number of para-hydroxylation sites is 2. The van der Waals surface area contributed by atoms with Crippen LogP contribution in [0.15, 0.2) is 103 Å². The summed E-state index contributed by atoms with van der Waals surface area (Å²) in [5.41, 5.74) is 6.04. The van der Waals surface area contributed by atoms with Gasteiger partial charge < -0.3 is 4.57 Å². The minimum Gasteiger partial charge on any atom is -0.309 e. The summed E-state index contributed by atoms with van der Waals surface area (Å²) in [6, 6.07) is 39.9. The smallest absolute Gasteiger partial charge is 0.101 e. The molecule has 7 aromatic rings. The normalized spacial score (nSPS) is 11.3. The van der Waals surface area contributed by atoms with Gasteiger partial charge in [-0.05, 0) is 54.1 Å². The fourth-order valence-electron chi connectivity index (χ4n) is 5.28. The third-order valence-corrected chi connectivity index (χ3v) is 8.05. The molecule has 4 heteroatoms. The van der Waals surface area contributed by atoms with Gasteiger partial charge in [-0.15, -0.1) is 11.3 Å². The average molecular weight is 476 g/mol. The van der Waals surface area contributed by atoms with E-state index in [1.54, 1.807) is 17.4 Å². The third kappa shape index (κ3) is 2.89. The lowest BCUT2D eigenvalue weighted by Gasteiger charge is -2.09. The highest BCUT2D eigenvalue weighted by Gasteiger charge is 2.15. The van der Waals surface area contributed by atoms with E-state index in [4.69, 9.17) is 0 Å². The Morgan fingerprint density at radius 3 is 1.94 bits per heavy atom. The predicted molar refractivity (Wildman–Crippen MR) is 149 cm³/mol. The Hall–Kier alpha value is -4.90. The van der Waals surface area contributed by atoms with Gasteiger partial charge in [-0.3, -0.25) is 0 Å². The number of aromatic nitrogens is 1. The molecule has 0 amide bonds. The molecule has 0 fully saturated rings. The first-order valence-corrected chi connectivity index (χ1v) is 12.5. The first kappa shape index (κ1) is 20.5. The van der Waals surface area contributed by atoms with E-state index in [-0.39, 0.29) is 0 Å². The lowest BCUT2D eigenvalue weighted by atomic mass is 9.95. The van der Waals surface area contributed by atoms with Crippen LogP contribution in [0.4, 0.5) is 0 Å². The fourth-order valence-corrected chi connectivity index (χ4v) is 6.35. The molecule has 0 N–H and O–H groups in total. The van der Waals surface area contributed by atoms with E-state index < -0.39 is 0 Å². The Balaban J connectivity index is 1.49. The lowest BCUT2D eigenvalue weighted by Crippen LogP contribution is -1.93. The molecule has 0 unspecified atom stereocenters. The monoisotopic (exact) mass is 475 g/mol. The highest BCUT2D eigenvalue weighted by atomic mass is 32.1. The number of hydrogen-bond donors (Lipinski definition) is 0. The minimum atomic E-state index is 0.402. The Kier molecular flexibility index (Phi) is 4.45. The van der Waals surface area contributed by atoms with E-state index in [0.29, 0.717) is 11.1 Å². The number of benzene rings is 5. The van der Waals surface area contributed by atoms with Crippen molar-refractivity contribution in [1.29, 1.82) is 10.5 Å². The molecule has 0 radical (unpaired) electrons. The topological polar surface area (TPSA) is 52.5 Å². The third-order valence-electron chi connectivity index (χ3n) is 6.90. The summed E-state index contributed by atoms with van der Waals surface area (Å²) in [6.07, 6.45) is 0. The van der Waals surface area contributed by atoms with E-state index in [0.717, 1.165) is 22.2 Å². The molecule has 0 aliphatic carbocycles. The van der Waals surface area contributed by atoms with Crippen LogP contribution in [0.25, 0.3) is 58.8 Å². The van der Waals surface area contributed by atoms with Crippen molar-refractivity contribution in [3.05, 3.63) is 114 Å². The van der Waals surface area contributed by atoms with E-state index in [9.17, 15) is 10.5 Å². The van der Waals surface area contributed by atoms with Gasteiger partial charge in [0.05, 0.1) is 22.2 Å². The van der Waals surface area contributed by atoms with Crippen molar-refractivity contribution in [2.45, 2.75) is 0 Å². The number of nitrogens with zero attached hydrogens (tertiary/aromatic N) is 3. The zero-order valence-corrected chi connectivity index (χ0v) is 19.9. The molecule has 2 heterocycles. The number of thiophene rings is 1. The summed E-state index contributed by atoms with van der Waals surface area (Å²) in [6.45, 7) is 0. The Morgan fingerprint density at radius 2 is 1.25 bits per heavy atom. The Labute approximate surface area is 211 Å². The summed E-state index contributed by atoms with van der Waals surface area (Å²) in [7, 11) is 0. The first-order valence-electron chi connectivity index (χ1n) is 11.7. The van der Waals surface area contributed by atoms with Crippen LogP contribution in [0.2, 0.25) is 0 Å². The van der Waals surface area contributed by atoms with Crippen LogP contribution in [0, 0.1) is 22.7 Å². The molecule has 0 atom stereocenters. The molecule has 0 bridgehead atoms. The molecule has 5 aromatic carbocycles. The number of nitriles is 2. The molecule has 0 spiro atoms. The second-order valence-electron chi connectivity index (χ2n) is 8.81. The maximum Gasteiger partial charge on any atom is 0.101 e. The summed E-state index contributed by atoms with van der Waals surface area (Å²) in [4.78, 5) is 0. The van der Waals surface area contributed by atoms with Crippen LogP contribution in [0.3, 0.4) is 0 Å². The molecule has 7 rings (SSSR count). The van der Waals surface area contributed by atoms with Crippen molar-refractivity contribution in [2.24, 2.45) is 0 Å². The number of rotatable bonds is 2. The van der Waals surface area contributed by atoms with Crippen LogP contribution in [-0.4, -0.2) is 4.57 Å². The van der Waals surface area contributed by atoms with Crippen molar-refractivity contribution in [1.82, 2.24) is 4.57 Å². The molecular formula is C32H17N3S. The fraction of sp³-hybridized carbons (Fsp3) is 0. The molecule has 3 nitrogen and oxygen atoms in total. The quantitative estimate of drug-likeness (QED) is 0.251. The number of fused-ring (bicyclic) bond motifs is 6. The van der Waals surface area contributed by atoms with Crippen molar-refractivity contribution in [3.8, 4) is 29.0 Å². The number of hydrogen-bond acceptors (Lipinski definition) is 3. The van der Waals surface area contributed by atoms with Crippen LogP contribution in [0.5, 0.6) is 0 Å². The molecule has 0 aliphatic heterocycles. The van der Waals surface area contributed by atoms with Crippen LogP contribution in [-0.2, 0) is 0 Å². The zero-order chi connectivity index (χ0) is 24.2. The Morgan fingerprint density at radius 1 is 0.583 bits per heavy atom. The van der Waals surface area contributed by atoms with Gasteiger partial charge in [0.1, 0.15) is 12.1 Å². The molecule has 0 aliphatic rings. The summed E-state index contributed by atoms with van der Waals surface area (Å²) >= 11 is 1.77. The maximum atomic E-state index is 9.75. The van der Waals surface area contributed by atoms with Gasteiger partial charge in [0.2, 0.25) is 0 Å². The Bertz CT molecular complexity index is 2030. The van der Waals surface area contributed by atoms with Gasteiger partial charge in [-0.25, -0.2) is 0 Å². The van der Waals surface area contributed by atoms with Gasteiger partial charge in [0.15, 0.2) is 0 Å². The summed E-state index contributed by atoms with van der Waals surface area (Å²) in [5.74, 6) is 0. The predicted octanol–water partition coefficient (Wildman–Crippen LogP) is 8.56. The molecule has 36 heavy (non-hydrogen) atoms. The summed E-state index contributed by atoms with van der Waals surface area (Å²) < 4.78 is 4.75. The van der Waals surface area contributed by atoms with E-state index >= 15 is 0 Å². The SMILES string of the molecule is N#Cc1cccc(-c2ccc3sc4ccc(-n5c6ccccc6c6ccccc65)cc4c3c2)c1C#N. The van der Waals surface area contributed by atoms with Crippen molar-refractivity contribution in [2.75, 3.05) is 0 Å². The zero-order valence-electron chi connectivity index (χ0n) is 19.1. The molecule has 0 saturated heterocycles. The van der Waals surface area contributed by atoms with Crippen molar-refractivity contribution < 1.29 is 0 Å². The second kappa shape index (κ2) is 7.82. The molecule has 2 aromatic heterocycles. The highest BCUT2D eigenvalue weighted by molar-refractivity contribution is 7.25. The van der Waals surface area contributed by atoms with Gasteiger partial charge in [-0.1, -0.05) is 54.6 Å². The highest BCUT2D eigenvalue weighted by Crippen LogP contribution is 2.39. The van der Waals surface area contributed by atoms with Gasteiger partial charge in [0, 0.05) is 42.2 Å². The summed E-state index contributed by atoms with van der Waals surface area (Å²) in [5, 5.41) is 24.0. The largest absolute Gasteiger partial charge is 0.309 e. The molecule has 166 valence electrons. The standard InChI is InChI=1S/C32H17N3S/c33-18-21-6-5-9-23(28(21)19-34)20-12-14-31-26(16-20)27-17-22(13-15-32(27)36-31)35-29-10-3-1-7-24(29)25-8-2-4-11-30(25)35/h1-17H. The van der Waals surface area contributed by atoms with Crippen LogP contribution < -0.4 is 0 Å². The van der Waals surface area contributed by atoms with E-state index in [1.165, 1.54) is 36.6 Å². The molecule has 0 saturated carbocycles. The van der Waals surface area contributed by atoms with Crippen LogP contribution in [0.1, 0.15) is 11.1 Å². The van der Waals surface area contributed by atoms with Gasteiger partial charge in [-0.2, -0.15) is 10.5 Å². The maximum absolute atomic E-state index is 9.75. The van der Waals surface area contributed by atoms with E-state index in [2.05, 4.69) is 95.6 Å². The molecular weight excluding hydrogens is 458 g/mol. The van der Waals surface area contributed by atoms with Crippen molar-refractivity contribution >= 4 is 53.3 Å². The van der Waals surface area contributed by atoms with Gasteiger partial charge in [0.25, 0.3) is 0 Å². The van der Waals surface area contributed by atoms with Crippen molar-refractivity contribution in [3.63, 3.8) is 0 Å². The van der Waals surface area contributed by atoms with Crippen LogP contribution >= 0.6 is 11.3 Å². The second-order valence-corrected chi connectivity index (χ2v) is 9.90. The minimum absolute atomic E-state index is 0.402. The van der Waals surface area contributed by atoms with Gasteiger partial charge >= 0.3 is 0 Å². The lowest BCUT2D eigenvalue weighted by molar-refractivity contribution is 1.19. The first-order chi connectivity index (χ1) is 17.8. The van der Waals surface area contributed by atoms with E-state index in [1.807, 2.05) is 18.2 Å².